The van der Waals surface area contributed by atoms with Gasteiger partial charge in [0, 0.05) is 6.04 Å². The maximum absolute atomic E-state index is 12.9. The van der Waals surface area contributed by atoms with Crippen molar-refractivity contribution >= 4 is 5.91 Å². The summed E-state index contributed by atoms with van der Waals surface area (Å²) in [6.07, 6.45) is 8.24. The van der Waals surface area contributed by atoms with Gasteiger partial charge in [-0.15, -0.1) is 0 Å². The summed E-state index contributed by atoms with van der Waals surface area (Å²) >= 11 is 0. The van der Waals surface area contributed by atoms with Gasteiger partial charge in [-0.05, 0) is 32.1 Å². The minimum atomic E-state index is -0.213. The minimum absolute atomic E-state index is 0.213. The highest BCUT2D eigenvalue weighted by Crippen LogP contribution is 2.39. The smallest absolute Gasteiger partial charge is 0.244 e. The zero-order valence-corrected chi connectivity index (χ0v) is 13.0. The lowest BCUT2D eigenvalue weighted by Crippen LogP contribution is -2.46. The van der Waals surface area contributed by atoms with Crippen LogP contribution in [0, 0.1) is 5.92 Å². The van der Waals surface area contributed by atoms with Gasteiger partial charge in [0.1, 0.15) is 0 Å². The molecule has 0 aromatic heterocycles. The third kappa shape index (κ3) is 2.67. The van der Waals surface area contributed by atoms with E-state index in [1.54, 1.807) is 0 Å². The average molecular weight is 266 g/mol. The van der Waals surface area contributed by atoms with E-state index in [9.17, 15) is 4.79 Å². The van der Waals surface area contributed by atoms with Crippen molar-refractivity contribution in [3.05, 3.63) is 0 Å². The van der Waals surface area contributed by atoms with Crippen LogP contribution in [0.2, 0.25) is 0 Å². The van der Waals surface area contributed by atoms with Gasteiger partial charge in [-0.3, -0.25) is 10.1 Å². The number of carbonyl (C=O) groups excluding carboxylic acids is 1. The number of amides is 1. The summed E-state index contributed by atoms with van der Waals surface area (Å²) in [7, 11) is 0. The second kappa shape index (κ2) is 5.82. The van der Waals surface area contributed by atoms with Crippen LogP contribution in [-0.4, -0.2) is 28.6 Å². The molecule has 0 bridgehead atoms. The van der Waals surface area contributed by atoms with E-state index in [-0.39, 0.29) is 11.7 Å². The van der Waals surface area contributed by atoms with Gasteiger partial charge in [0.15, 0.2) is 0 Å². The van der Waals surface area contributed by atoms with Crippen LogP contribution in [0.3, 0.4) is 0 Å². The van der Waals surface area contributed by atoms with Crippen LogP contribution in [0.25, 0.3) is 0 Å². The average Bonchev–Trinajstić information content (AvgIpc) is 2.95. The number of hydrogen-bond donors (Lipinski definition) is 1. The van der Waals surface area contributed by atoms with Crippen LogP contribution in [0.5, 0.6) is 0 Å². The number of carbonyl (C=O) groups is 1. The standard InChI is InChI=1S/C16H30N2O/c1-5-6-9-13(4)18-14(12(2)3)17-16(15(18)19)10-7-8-11-16/h12-14,17H,5-11H2,1-4H3. The van der Waals surface area contributed by atoms with Gasteiger partial charge < -0.3 is 4.90 Å². The van der Waals surface area contributed by atoms with Crippen molar-refractivity contribution < 1.29 is 4.79 Å². The molecule has 1 aliphatic carbocycles. The first-order chi connectivity index (χ1) is 9.02. The summed E-state index contributed by atoms with van der Waals surface area (Å²) in [5.41, 5.74) is -0.213. The Morgan fingerprint density at radius 2 is 1.95 bits per heavy atom. The topological polar surface area (TPSA) is 32.3 Å². The molecule has 3 heteroatoms. The summed E-state index contributed by atoms with van der Waals surface area (Å²) in [5, 5.41) is 3.70. The third-order valence-electron chi connectivity index (χ3n) is 4.91. The van der Waals surface area contributed by atoms with Crippen LogP contribution >= 0.6 is 0 Å². The van der Waals surface area contributed by atoms with Crippen LogP contribution in [0.4, 0.5) is 0 Å². The van der Waals surface area contributed by atoms with Gasteiger partial charge in [-0.25, -0.2) is 0 Å². The monoisotopic (exact) mass is 266 g/mol. The summed E-state index contributed by atoms with van der Waals surface area (Å²) in [5.74, 6) is 0.861. The molecule has 2 unspecified atom stereocenters. The molecule has 1 saturated heterocycles. The number of rotatable bonds is 5. The zero-order chi connectivity index (χ0) is 14.0. The van der Waals surface area contributed by atoms with Crippen molar-refractivity contribution in [2.45, 2.75) is 90.4 Å². The molecule has 1 amide bonds. The lowest BCUT2D eigenvalue weighted by molar-refractivity contribution is -0.135. The molecule has 0 aromatic carbocycles. The highest BCUT2D eigenvalue weighted by Gasteiger charge is 2.53. The minimum Gasteiger partial charge on any atom is -0.323 e. The fourth-order valence-electron chi connectivity index (χ4n) is 3.73. The van der Waals surface area contributed by atoms with E-state index in [0.717, 1.165) is 19.3 Å². The normalized spacial score (nSPS) is 27.7. The molecule has 1 saturated carbocycles. The fraction of sp³-hybridized carbons (Fsp3) is 0.938. The molecule has 1 aliphatic heterocycles. The van der Waals surface area contributed by atoms with Crippen molar-refractivity contribution in [1.29, 1.82) is 0 Å². The Morgan fingerprint density at radius 1 is 1.32 bits per heavy atom. The van der Waals surface area contributed by atoms with Crippen molar-refractivity contribution in [2.24, 2.45) is 5.92 Å². The largest absolute Gasteiger partial charge is 0.323 e. The Labute approximate surface area is 118 Å². The molecule has 110 valence electrons. The Balaban J connectivity index is 2.16. The predicted molar refractivity (Wildman–Crippen MR) is 78.8 cm³/mol. The maximum Gasteiger partial charge on any atom is 0.244 e. The summed E-state index contributed by atoms with van der Waals surface area (Å²) in [4.78, 5) is 15.1. The molecule has 1 spiro atoms. The molecule has 19 heavy (non-hydrogen) atoms. The SMILES string of the molecule is CCCCC(C)N1C(=O)C2(CCCC2)NC1C(C)C. The first-order valence-electron chi connectivity index (χ1n) is 8.12. The van der Waals surface area contributed by atoms with E-state index < -0.39 is 0 Å². The number of unbranched alkanes of at least 4 members (excludes halogenated alkanes) is 1. The highest BCUT2D eigenvalue weighted by molar-refractivity contribution is 5.89. The molecule has 2 fully saturated rings. The molecule has 3 nitrogen and oxygen atoms in total. The fourth-order valence-corrected chi connectivity index (χ4v) is 3.73. The number of hydrogen-bond acceptors (Lipinski definition) is 2. The molecular weight excluding hydrogens is 236 g/mol. The van der Waals surface area contributed by atoms with E-state index in [1.165, 1.54) is 25.7 Å². The molecule has 1 heterocycles. The van der Waals surface area contributed by atoms with Gasteiger partial charge in [0.2, 0.25) is 5.91 Å². The van der Waals surface area contributed by atoms with Gasteiger partial charge in [0.05, 0.1) is 11.7 Å². The summed E-state index contributed by atoms with van der Waals surface area (Å²) in [6.45, 7) is 8.88. The number of nitrogens with zero attached hydrogens (tertiary/aromatic N) is 1. The first kappa shape index (κ1) is 14.8. The molecule has 2 aliphatic rings. The Bertz CT molecular complexity index is 321. The maximum atomic E-state index is 12.9. The molecule has 0 radical (unpaired) electrons. The second-order valence-corrected chi connectivity index (χ2v) is 6.83. The van der Waals surface area contributed by atoms with E-state index >= 15 is 0 Å². The Hall–Kier alpha value is -0.570. The Morgan fingerprint density at radius 3 is 2.47 bits per heavy atom. The van der Waals surface area contributed by atoms with E-state index in [4.69, 9.17) is 0 Å². The summed E-state index contributed by atoms with van der Waals surface area (Å²) in [6, 6.07) is 0.368. The van der Waals surface area contributed by atoms with Gasteiger partial charge in [-0.2, -0.15) is 0 Å². The quantitative estimate of drug-likeness (QED) is 0.828. The van der Waals surface area contributed by atoms with Crippen molar-refractivity contribution in [3.8, 4) is 0 Å². The summed E-state index contributed by atoms with van der Waals surface area (Å²) < 4.78 is 0. The molecule has 0 aromatic rings. The van der Waals surface area contributed by atoms with E-state index in [2.05, 4.69) is 37.9 Å². The van der Waals surface area contributed by atoms with Gasteiger partial charge in [0.25, 0.3) is 0 Å². The Kier molecular flexibility index (Phi) is 4.54. The third-order valence-corrected chi connectivity index (χ3v) is 4.91. The molecular formula is C16H30N2O. The lowest BCUT2D eigenvalue weighted by Gasteiger charge is -2.32. The second-order valence-electron chi connectivity index (χ2n) is 6.83. The predicted octanol–water partition coefficient (Wildman–Crippen LogP) is 3.29. The van der Waals surface area contributed by atoms with Crippen molar-refractivity contribution in [1.82, 2.24) is 10.2 Å². The van der Waals surface area contributed by atoms with Crippen LogP contribution in [0.1, 0.15) is 72.6 Å². The lowest BCUT2D eigenvalue weighted by atomic mass is 9.97. The van der Waals surface area contributed by atoms with Crippen LogP contribution in [-0.2, 0) is 4.79 Å². The van der Waals surface area contributed by atoms with Gasteiger partial charge >= 0.3 is 0 Å². The molecule has 2 rings (SSSR count). The van der Waals surface area contributed by atoms with E-state index in [0.29, 0.717) is 17.9 Å². The molecule has 2 atom stereocenters. The van der Waals surface area contributed by atoms with Crippen molar-refractivity contribution in [3.63, 3.8) is 0 Å². The number of nitrogens with one attached hydrogen (secondary N) is 1. The van der Waals surface area contributed by atoms with E-state index in [1.807, 2.05) is 0 Å². The first-order valence-corrected chi connectivity index (χ1v) is 8.12. The van der Waals surface area contributed by atoms with Gasteiger partial charge in [-0.1, -0.05) is 46.5 Å². The van der Waals surface area contributed by atoms with Crippen LogP contribution < -0.4 is 5.32 Å². The zero-order valence-electron chi connectivity index (χ0n) is 13.0. The molecule has 1 N–H and O–H groups in total. The van der Waals surface area contributed by atoms with Crippen molar-refractivity contribution in [2.75, 3.05) is 0 Å². The van der Waals surface area contributed by atoms with Crippen LogP contribution in [0.15, 0.2) is 0 Å². The highest BCUT2D eigenvalue weighted by atomic mass is 16.2.